The molecule has 0 atom stereocenters. The lowest BCUT2D eigenvalue weighted by molar-refractivity contribution is 0.0697. The molecule has 1 N–H and O–H groups in total. The van der Waals surface area contributed by atoms with E-state index in [4.69, 9.17) is 4.74 Å². The molecule has 0 unspecified atom stereocenters. The van der Waals surface area contributed by atoms with Gasteiger partial charge in [0, 0.05) is 5.56 Å². The molecule has 30 heavy (non-hydrogen) atoms. The zero-order valence-electron chi connectivity index (χ0n) is 19.0. The summed E-state index contributed by atoms with van der Waals surface area (Å²) in [6, 6.07) is 11.4. The summed E-state index contributed by atoms with van der Waals surface area (Å²) in [5.74, 6) is -0.0474. The monoisotopic (exact) mass is 406 g/mol. The fourth-order valence-electron chi connectivity index (χ4n) is 4.25. The zero-order valence-corrected chi connectivity index (χ0v) is 19.0. The van der Waals surface area contributed by atoms with Crippen LogP contribution in [-0.4, -0.2) is 17.7 Å². The average Bonchev–Trinajstić information content (AvgIpc) is 2.71. The predicted molar refractivity (Wildman–Crippen MR) is 124 cm³/mol. The average molecular weight is 407 g/mol. The van der Waals surface area contributed by atoms with Crippen molar-refractivity contribution in [1.82, 2.24) is 0 Å². The van der Waals surface area contributed by atoms with Gasteiger partial charge in [-0.05, 0) is 76.6 Å². The van der Waals surface area contributed by atoms with E-state index in [2.05, 4.69) is 53.3 Å². The summed E-state index contributed by atoms with van der Waals surface area (Å²) in [4.78, 5) is 11.2. The van der Waals surface area contributed by atoms with Crippen LogP contribution in [-0.2, 0) is 10.8 Å². The fraction of sp³-hybridized carbons (Fsp3) is 0.444. The Morgan fingerprint density at radius 2 is 1.53 bits per heavy atom. The van der Waals surface area contributed by atoms with E-state index >= 15 is 0 Å². The Bertz CT molecular complexity index is 949. The first-order chi connectivity index (χ1) is 14.1. The van der Waals surface area contributed by atoms with Crippen LogP contribution in [0.15, 0.2) is 43.0 Å². The van der Waals surface area contributed by atoms with Crippen LogP contribution in [0.1, 0.15) is 92.9 Å². The molecule has 2 aromatic carbocycles. The number of carbonyl (C=O) groups is 1. The van der Waals surface area contributed by atoms with Crippen LogP contribution in [0.3, 0.4) is 0 Å². The normalized spacial score (nSPS) is 16.6. The second-order valence-corrected chi connectivity index (χ2v) is 9.72. The summed E-state index contributed by atoms with van der Waals surface area (Å²) in [5, 5.41) is 9.19. The van der Waals surface area contributed by atoms with E-state index in [9.17, 15) is 9.90 Å². The fourth-order valence-corrected chi connectivity index (χ4v) is 4.25. The van der Waals surface area contributed by atoms with E-state index in [-0.39, 0.29) is 16.4 Å². The Hall–Kier alpha value is -2.55. The van der Waals surface area contributed by atoms with E-state index < -0.39 is 5.97 Å². The minimum absolute atomic E-state index is 0.0923. The number of hydrogen-bond donors (Lipinski definition) is 1. The van der Waals surface area contributed by atoms with Crippen molar-refractivity contribution in [3.8, 4) is 5.75 Å². The van der Waals surface area contributed by atoms with Gasteiger partial charge in [0.15, 0.2) is 0 Å². The molecule has 1 aliphatic carbocycles. The molecule has 1 aliphatic rings. The van der Waals surface area contributed by atoms with Gasteiger partial charge < -0.3 is 9.84 Å². The van der Waals surface area contributed by atoms with Gasteiger partial charge >= 0.3 is 5.97 Å². The van der Waals surface area contributed by atoms with E-state index in [1.165, 1.54) is 11.1 Å². The summed E-state index contributed by atoms with van der Waals surface area (Å²) < 4.78 is 6.25. The molecule has 0 fully saturated rings. The minimum Gasteiger partial charge on any atom is -0.493 e. The Labute approximate surface area is 180 Å². The van der Waals surface area contributed by atoms with Crippen molar-refractivity contribution < 1.29 is 14.6 Å². The molecule has 0 saturated heterocycles. The van der Waals surface area contributed by atoms with Crippen molar-refractivity contribution in [2.75, 3.05) is 6.61 Å². The quantitative estimate of drug-likeness (QED) is 0.505. The Morgan fingerprint density at radius 1 is 1.00 bits per heavy atom. The number of benzene rings is 2. The second kappa shape index (κ2) is 8.29. The summed E-state index contributed by atoms with van der Waals surface area (Å²) >= 11 is 0. The number of ether oxygens (including phenoxy) is 1. The Kier molecular flexibility index (Phi) is 6.12. The third-order valence-corrected chi connectivity index (χ3v) is 6.51. The van der Waals surface area contributed by atoms with Gasteiger partial charge in [0.05, 0.1) is 12.2 Å². The maximum Gasteiger partial charge on any atom is 0.335 e. The van der Waals surface area contributed by atoms with Gasteiger partial charge in [-0.3, -0.25) is 0 Å². The van der Waals surface area contributed by atoms with E-state index in [1.54, 1.807) is 12.1 Å². The first-order valence-electron chi connectivity index (χ1n) is 10.9. The number of carboxylic acids is 1. The van der Waals surface area contributed by atoms with Crippen molar-refractivity contribution in [1.29, 1.82) is 0 Å². The maximum absolute atomic E-state index is 11.2. The molecule has 2 aromatic rings. The first-order valence-corrected chi connectivity index (χ1v) is 10.9. The second-order valence-electron chi connectivity index (χ2n) is 9.72. The molecule has 0 aromatic heterocycles. The van der Waals surface area contributed by atoms with Gasteiger partial charge in [0.1, 0.15) is 5.75 Å². The highest BCUT2D eigenvalue weighted by Crippen LogP contribution is 2.48. The molecular formula is C27H34O3. The smallest absolute Gasteiger partial charge is 0.335 e. The zero-order chi connectivity index (χ0) is 22.1. The van der Waals surface area contributed by atoms with Gasteiger partial charge in [-0.15, -0.1) is 0 Å². The maximum atomic E-state index is 11.2. The van der Waals surface area contributed by atoms with Crippen LogP contribution >= 0.6 is 0 Å². The van der Waals surface area contributed by atoms with Gasteiger partial charge in [0.2, 0.25) is 0 Å². The molecule has 3 nitrogen and oxygen atoms in total. The van der Waals surface area contributed by atoms with Crippen molar-refractivity contribution in [2.24, 2.45) is 0 Å². The number of rotatable bonds is 7. The molecule has 0 radical (unpaired) electrons. The van der Waals surface area contributed by atoms with Crippen LogP contribution in [0.25, 0.3) is 5.57 Å². The number of fused-ring (bicyclic) bond motifs is 1. The predicted octanol–water partition coefficient (Wildman–Crippen LogP) is 6.97. The Morgan fingerprint density at radius 3 is 2.07 bits per heavy atom. The van der Waals surface area contributed by atoms with Crippen molar-refractivity contribution in [2.45, 2.75) is 71.1 Å². The van der Waals surface area contributed by atoms with Crippen LogP contribution in [0.5, 0.6) is 5.75 Å². The number of hydrogen-bond acceptors (Lipinski definition) is 2. The van der Waals surface area contributed by atoms with Gasteiger partial charge in [-0.1, -0.05) is 59.8 Å². The lowest BCUT2D eigenvalue weighted by Crippen LogP contribution is -2.34. The highest BCUT2D eigenvalue weighted by Gasteiger charge is 2.38. The van der Waals surface area contributed by atoms with E-state index in [0.717, 1.165) is 48.1 Å². The topological polar surface area (TPSA) is 46.5 Å². The Balaban J connectivity index is 2.11. The minimum atomic E-state index is -0.923. The highest BCUT2D eigenvalue weighted by molar-refractivity contribution is 5.89. The third kappa shape index (κ3) is 4.30. The summed E-state index contributed by atoms with van der Waals surface area (Å²) in [6.07, 6.45) is 4.38. The number of unbranched alkanes of at least 4 members (excludes halogenated alkanes) is 1. The van der Waals surface area contributed by atoms with Crippen LogP contribution < -0.4 is 4.74 Å². The van der Waals surface area contributed by atoms with Gasteiger partial charge in [-0.2, -0.15) is 0 Å². The van der Waals surface area contributed by atoms with E-state index in [0.29, 0.717) is 6.61 Å². The molecule has 160 valence electrons. The van der Waals surface area contributed by atoms with Crippen molar-refractivity contribution in [3.63, 3.8) is 0 Å². The molecule has 0 amide bonds. The van der Waals surface area contributed by atoms with Crippen molar-refractivity contribution >= 4 is 11.5 Å². The molecular weight excluding hydrogens is 372 g/mol. The summed E-state index contributed by atoms with van der Waals surface area (Å²) in [7, 11) is 0. The molecule has 0 saturated carbocycles. The molecule has 0 spiro atoms. The third-order valence-electron chi connectivity index (χ3n) is 6.51. The first kappa shape index (κ1) is 22.1. The largest absolute Gasteiger partial charge is 0.493 e. The molecule has 3 rings (SSSR count). The van der Waals surface area contributed by atoms with Crippen LogP contribution in [0, 0.1) is 0 Å². The standard InChI is InChI=1S/C27H34O3/c1-7-8-15-30-24-17-23-22(26(3,4)13-14-27(23,5)6)16-21(24)18(2)19-9-11-20(12-10-19)25(28)29/h9-12,16-17H,2,7-8,13-15H2,1,3-6H3,(H,28,29). The molecule has 3 heteroatoms. The molecule has 0 heterocycles. The van der Waals surface area contributed by atoms with Crippen LogP contribution in [0.4, 0.5) is 0 Å². The SMILES string of the molecule is C=C(c1ccc(C(=O)O)cc1)c1cc2c(cc1OCCCC)C(C)(C)CCC2(C)C. The van der Waals surface area contributed by atoms with Gasteiger partial charge in [0.25, 0.3) is 0 Å². The lowest BCUT2D eigenvalue weighted by Gasteiger charge is -2.42. The van der Waals surface area contributed by atoms with Crippen molar-refractivity contribution in [3.05, 3.63) is 70.8 Å². The lowest BCUT2D eigenvalue weighted by atomic mass is 9.62. The van der Waals surface area contributed by atoms with Crippen LogP contribution in [0.2, 0.25) is 0 Å². The number of carboxylic acid groups (broad SMARTS) is 1. The number of aromatic carboxylic acids is 1. The molecule has 0 aliphatic heterocycles. The summed E-state index contributed by atoms with van der Waals surface area (Å²) in [5.41, 5.74) is 5.97. The van der Waals surface area contributed by atoms with E-state index in [1.807, 2.05) is 12.1 Å². The van der Waals surface area contributed by atoms with Gasteiger partial charge in [-0.25, -0.2) is 4.79 Å². The molecule has 0 bridgehead atoms. The summed E-state index contributed by atoms with van der Waals surface area (Å²) in [6.45, 7) is 16.5. The highest BCUT2D eigenvalue weighted by atomic mass is 16.5.